The van der Waals surface area contributed by atoms with Gasteiger partial charge >= 0.3 is 0 Å². The van der Waals surface area contributed by atoms with Gasteiger partial charge in [0.15, 0.2) is 0 Å². The van der Waals surface area contributed by atoms with E-state index in [0.29, 0.717) is 12.8 Å². The van der Waals surface area contributed by atoms with E-state index in [1.54, 1.807) is 15.7 Å². The van der Waals surface area contributed by atoms with Crippen molar-refractivity contribution in [3.8, 4) is 17.1 Å². The Morgan fingerprint density at radius 1 is 0.686 bits per heavy atom. The molecule has 4 aromatic carbocycles. The van der Waals surface area contributed by atoms with E-state index in [1.807, 2.05) is 48.5 Å². The van der Waals surface area contributed by atoms with Gasteiger partial charge in [0.05, 0.1) is 11.4 Å². The summed E-state index contributed by atoms with van der Waals surface area (Å²) < 4.78 is 0. The second kappa shape index (κ2) is 8.36. The van der Waals surface area contributed by atoms with Crippen LogP contribution in [0.15, 0.2) is 78.9 Å². The van der Waals surface area contributed by atoms with Crippen LogP contribution in [0.5, 0.6) is 5.75 Å². The van der Waals surface area contributed by atoms with Gasteiger partial charge in [-0.2, -0.15) is 9.59 Å². The fourth-order valence-corrected chi connectivity index (χ4v) is 4.58. The predicted octanol–water partition coefficient (Wildman–Crippen LogP) is 5.32. The van der Waals surface area contributed by atoms with Gasteiger partial charge in [-0.3, -0.25) is 0 Å². The molecule has 7 heteroatoms. The van der Waals surface area contributed by atoms with Gasteiger partial charge in [0.2, 0.25) is 0 Å². The third-order valence-corrected chi connectivity index (χ3v) is 6.29. The van der Waals surface area contributed by atoms with Crippen molar-refractivity contribution in [3.63, 3.8) is 0 Å². The number of phenols is 1. The number of benzene rings is 4. The topological polar surface area (TPSA) is 81.6 Å². The van der Waals surface area contributed by atoms with E-state index in [1.165, 1.54) is 0 Å². The van der Waals surface area contributed by atoms with Gasteiger partial charge in [-0.25, -0.2) is 0 Å². The molecule has 0 amide bonds. The molecule has 0 saturated carbocycles. The maximum Gasteiger partial charge on any atom is 0.121 e. The molecule has 2 aromatic heterocycles. The number of aryl methyl sites for hydroxylation is 1. The van der Waals surface area contributed by atoms with Gasteiger partial charge in [0, 0.05) is 12.5 Å². The molecule has 0 bridgehead atoms. The Hall–Kier alpha value is -4.52. The van der Waals surface area contributed by atoms with Gasteiger partial charge in [-0.15, -0.1) is 20.4 Å². The Morgan fingerprint density at radius 3 is 1.83 bits per heavy atom. The predicted molar refractivity (Wildman–Crippen MR) is 136 cm³/mol. The average molecular weight is 461 g/mol. The van der Waals surface area contributed by atoms with Crippen LogP contribution in [-0.2, 0) is 12.8 Å². The van der Waals surface area contributed by atoms with Crippen LogP contribution in [0.25, 0.3) is 33.4 Å². The molecule has 0 fully saturated rings. The van der Waals surface area contributed by atoms with E-state index in [2.05, 4.69) is 48.3 Å². The molecular formula is C28H24N6O. The highest BCUT2D eigenvalue weighted by atomic mass is 16.3. The zero-order valence-electron chi connectivity index (χ0n) is 19.6. The van der Waals surface area contributed by atoms with Crippen LogP contribution < -0.4 is 0 Å². The molecule has 0 aliphatic carbocycles. The highest BCUT2D eigenvalue weighted by molar-refractivity contribution is 5.74. The molecule has 0 unspecified atom stereocenters. The van der Waals surface area contributed by atoms with Crippen LogP contribution in [0, 0.1) is 6.92 Å². The van der Waals surface area contributed by atoms with Crippen LogP contribution in [0.3, 0.4) is 0 Å². The van der Waals surface area contributed by atoms with Crippen LogP contribution in [0.2, 0.25) is 0 Å². The molecule has 7 nitrogen and oxygen atoms in total. The monoisotopic (exact) mass is 460 g/mol. The second-order valence-electron chi connectivity index (χ2n) is 8.72. The molecule has 0 radical (unpaired) electrons. The molecule has 6 rings (SSSR count). The smallest absolute Gasteiger partial charge is 0.121 e. The Morgan fingerprint density at radius 2 is 1.26 bits per heavy atom. The maximum absolute atomic E-state index is 10.9. The van der Waals surface area contributed by atoms with Gasteiger partial charge in [-0.05, 0) is 66.4 Å². The first-order valence-corrected chi connectivity index (χ1v) is 11.7. The lowest BCUT2D eigenvalue weighted by atomic mass is 9.95. The van der Waals surface area contributed by atoms with Gasteiger partial charge < -0.3 is 5.11 Å². The zero-order valence-corrected chi connectivity index (χ0v) is 19.6. The van der Waals surface area contributed by atoms with E-state index in [0.717, 1.165) is 55.7 Å². The Labute approximate surface area is 202 Å². The quantitative estimate of drug-likeness (QED) is 0.376. The van der Waals surface area contributed by atoms with E-state index in [-0.39, 0.29) is 5.75 Å². The number of fused-ring (bicyclic) bond motifs is 2. The highest BCUT2D eigenvalue weighted by Gasteiger charge is 2.16. The van der Waals surface area contributed by atoms with Crippen molar-refractivity contribution in [1.29, 1.82) is 0 Å². The Kier molecular flexibility index (Phi) is 5.03. The van der Waals surface area contributed by atoms with Crippen molar-refractivity contribution >= 4 is 22.1 Å². The fourth-order valence-electron chi connectivity index (χ4n) is 4.58. The van der Waals surface area contributed by atoms with Crippen LogP contribution in [0.1, 0.15) is 29.2 Å². The summed E-state index contributed by atoms with van der Waals surface area (Å²) in [6.07, 6.45) is 1.32. The van der Waals surface area contributed by atoms with E-state index >= 15 is 0 Å². The lowest BCUT2D eigenvalue weighted by Gasteiger charge is -2.15. The summed E-state index contributed by atoms with van der Waals surface area (Å²) in [7, 11) is 0. The lowest BCUT2D eigenvalue weighted by molar-refractivity contribution is 0.467. The van der Waals surface area contributed by atoms with Crippen molar-refractivity contribution in [3.05, 3.63) is 101 Å². The highest BCUT2D eigenvalue weighted by Crippen LogP contribution is 2.30. The van der Waals surface area contributed by atoms with Crippen LogP contribution >= 0.6 is 0 Å². The van der Waals surface area contributed by atoms with Crippen molar-refractivity contribution in [2.75, 3.05) is 0 Å². The van der Waals surface area contributed by atoms with E-state index in [9.17, 15) is 5.11 Å². The Bertz CT molecular complexity index is 1630. The van der Waals surface area contributed by atoms with Crippen molar-refractivity contribution in [2.45, 2.75) is 26.7 Å². The third-order valence-electron chi connectivity index (χ3n) is 6.29. The first-order chi connectivity index (χ1) is 17.1. The zero-order chi connectivity index (χ0) is 23.9. The number of rotatable bonds is 5. The molecule has 35 heavy (non-hydrogen) atoms. The van der Waals surface area contributed by atoms with Gasteiger partial charge in [-0.1, -0.05) is 48.9 Å². The van der Waals surface area contributed by atoms with Crippen LogP contribution in [-0.4, -0.2) is 35.1 Å². The molecule has 0 atom stereocenters. The maximum atomic E-state index is 10.9. The summed E-state index contributed by atoms with van der Waals surface area (Å²) in [5.41, 5.74) is 9.13. The minimum absolute atomic E-state index is 0.249. The molecule has 6 aromatic rings. The molecule has 0 spiro atoms. The third kappa shape index (κ3) is 3.81. The number of hydrogen-bond donors (Lipinski definition) is 1. The summed E-state index contributed by atoms with van der Waals surface area (Å²) in [6.45, 7) is 4.13. The number of hydrogen-bond acceptors (Lipinski definition) is 5. The average Bonchev–Trinajstić information content (AvgIpc) is 3.48. The fraction of sp³-hybridized carbons (Fsp3) is 0.143. The number of phenolic OH excluding ortho intramolecular Hbond substituents is 1. The first kappa shape index (κ1) is 21.0. The van der Waals surface area contributed by atoms with E-state index < -0.39 is 0 Å². The minimum Gasteiger partial charge on any atom is -0.508 e. The normalized spacial score (nSPS) is 11.5. The first-order valence-electron chi connectivity index (χ1n) is 11.7. The standard InChI is InChI=1S/C28H24N6O/c1-3-22-19(16-21(17-28(22)35)33-29-23-8-4-5-9-24(23)30-33)15-20-14-18(2)12-13-27(20)34-31-25-10-6-7-11-26(25)32-34/h4-14,16-17,35H,3,15H2,1-2H3. The molecule has 0 saturated heterocycles. The summed E-state index contributed by atoms with van der Waals surface area (Å²) in [6, 6.07) is 25.7. The summed E-state index contributed by atoms with van der Waals surface area (Å²) in [4.78, 5) is 3.29. The number of nitrogens with zero attached hydrogens (tertiary/aromatic N) is 6. The molecular weight excluding hydrogens is 436 g/mol. The number of aromatic nitrogens is 6. The summed E-state index contributed by atoms with van der Waals surface area (Å²) in [5, 5.41) is 29.5. The van der Waals surface area contributed by atoms with Crippen molar-refractivity contribution in [2.24, 2.45) is 0 Å². The molecule has 1 N–H and O–H groups in total. The summed E-state index contributed by atoms with van der Waals surface area (Å²) in [5.74, 6) is 0.249. The van der Waals surface area contributed by atoms with E-state index in [4.69, 9.17) is 10.2 Å². The molecule has 2 heterocycles. The lowest BCUT2D eigenvalue weighted by Crippen LogP contribution is -2.07. The Balaban J connectivity index is 1.46. The SMILES string of the molecule is CCc1c(O)cc(-n2nc3ccccc3n2)cc1Cc1cc(C)ccc1-n1nc2ccccc2n1. The second-order valence-corrected chi connectivity index (χ2v) is 8.72. The largest absolute Gasteiger partial charge is 0.508 e. The number of aromatic hydroxyl groups is 1. The van der Waals surface area contributed by atoms with Gasteiger partial charge in [0.1, 0.15) is 27.8 Å². The minimum atomic E-state index is 0.249. The van der Waals surface area contributed by atoms with Crippen molar-refractivity contribution in [1.82, 2.24) is 30.0 Å². The van der Waals surface area contributed by atoms with Crippen molar-refractivity contribution < 1.29 is 5.11 Å². The molecule has 0 aliphatic rings. The summed E-state index contributed by atoms with van der Waals surface area (Å²) >= 11 is 0. The van der Waals surface area contributed by atoms with Gasteiger partial charge in [0.25, 0.3) is 0 Å². The molecule has 172 valence electrons. The van der Waals surface area contributed by atoms with Crippen LogP contribution in [0.4, 0.5) is 0 Å². The molecule has 0 aliphatic heterocycles.